The SMILES string of the molecule is COc1cc(-c2c(-c3ccccc3)ncn2C(C)c2nn[nH]n2)ccc1C. The lowest BCUT2D eigenvalue weighted by atomic mass is 10.0. The minimum Gasteiger partial charge on any atom is -0.496 e. The third kappa shape index (κ3) is 3.08. The fraction of sp³-hybridized carbons (Fsp3) is 0.200. The molecule has 0 aliphatic heterocycles. The van der Waals surface area contributed by atoms with Gasteiger partial charge in [-0.1, -0.05) is 47.7 Å². The standard InChI is InChI=1S/C20H20N6O/c1-13-9-10-16(11-17(13)27-3)19-18(15-7-5-4-6-8-15)21-12-26(19)14(2)20-22-24-25-23-20/h4-12,14H,1-3H3,(H,22,23,24,25). The molecule has 0 saturated heterocycles. The summed E-state index contributed by atoms with van der Waals surface area (Å²) in [7, 11) is 1.68. The van der Waals surface area contributed by atoms with Gasteiger partial charge < -0.3 is 9.30 Å². The molecule has 0 spiro atoms. The van der Waals surface area contributed by atoms with Crippen molar-refractivity contribution in [2.24, 2.45) is 0 Å². The van der Waals surface area contributed by atoms with Crippen LogP contribution in [0.3, 0.4) is 0 Å². The Morgan fingerprint density at radius 1 is 1.07 bits per heavy atom. The van der Waals surface area contributed by atoms with Crippen LogP contribution in [0.2, 0.25) is 0 Å². The Bertz CT molecular complexity index is 1040. The largest absolute Gasteiger partial charge is 0.496 e. The van der Waals surface area contributed by atoms with Gasteiger partial charge in [0.25, 0.3) is 0 Å². The Kier molecular flexibility index (Phi) is 4.42. The van der Waals surface area contributed by atoms with Gasteiger partial charge in [0, 0.05) is 11.1 Å². The molecular formula is C20H20N6O. The van der Waals surface area contributed by atoms with Crippen LogP contribution in [0.15, 0.2) is 54.9 Å². The number of hydrogen-bond acceptors (Lipinski definition) is 5. The summed E-state index contributed by atoms with van der Waals surface area (Å²) in [4.78, 5) is 4.71. The van der Waals surface area contributed by atoms with Crippen LogP contribution >= 0.6 is 0 Å². The van der Waals surface area contributed by atoms with E-state index in [4.69, 9.17) is 9.72 Å². The number of aromatic amines is 1. The molecule has 2 aromatic heterocycles. The van der Waals surface area contributed by atoms with Crippen LogP contribution in [0, 0.1) is 6.92 Å². The zero-order valence-electron chi connectivity index (χ0n) is 15.4. The molecule has 0 amide bonds. The molecule has 0 aliphatic carbocycles. The molecule has 2 aromatic carbocycles. The molecule has 0 aliphatic rings. The predicted molar refractivity (Wildman–Crippen MR) is 102 cm³/mol. The van der Waals surface area contributed by atoms with Crippen molar-refractivity contribution in [1.82, 2.24) is 30.2 Å². The van der Waals surface area contributed by atoms with Crippen molar-refractivity contribution < 1.29 is 4.74 Å². The summed E-state index contributed by atoms with van der Waals surface area (Å²) >= 11 is 0. The number of imidazole rings is 1. The molecule has 0 radical (unpaired) electrons. The first-order valence-corrected chi connectivity index (χ1v) is 8.69. The molecule has 2 heterocycles. The lowest BCUT2D eigenvalue weighted by molar-refractivity contribution is 0.412. The first kappa shape index (κ1) is 17.0. The number of methoxy groups -OCH3 is 1. The van der Waals surface area contributed by atoms with Gasteiger partial charge in [0.2, 0.25) is 0 Å². The molecule has 1 N–H and O–H groups in total. The van der Waals surface area contributed by atoms with Gasteiger partial charge in [-0.2, -0.15) is 5.21 Å². The van der Waals surface area contributed by atoms with Crippen LogP contribution in [0.4, 0.5) is 0 Å². The number of rotatable bonds is 5. The van der Waals surface area contributed by atoms with Gasteiger partial charge in [0.05, 0.1) is 30.9 Å². The van der Waals surface area contributed by atoms with Crippen molar-refractivity contribution >= 4 is 0 Å². The molecule has 0 bridgehead atoms. The van der Waals surface area contributed by atoms with Gasteiger partial charge >= 0.3 is 0 Å². The maximum atomic E-state index is 5.53. The number of benzene rings is 2. The van der Waals surface area contributed by atoms with Gasteiger partial charge in [0.15, 0.2) is 5.82 Å². The monoisotopic (exact) mass is 360 g/mol. The van der Waals surface area contributed by atoms with Gasteiger partial charge in [-0.25, -0.2) is 4.98 Å². The van der Waals surface area contributed by atoms with Crippen molar-refractivity contribution in [3.63, 3.8) is 0 Å². The topological polar surface area (TPSA) is 81.5 Å². The Morgan fingerprint density at radius 2 is 1.89 bits per heavy atom. The fourth-order valence-electron chi connectivity index (χ4n) is 3.19. The summed E-state index contributed by atoms with van der Waals surface area (Å²) in [5, 5.41) is 14.5. The van der Waals surface area contributed by atoms with E-state index in [1.807, 2.05) is 44.4 Å². The average Bonchev–Trinajstić information content (AvgIpc) is 3.39. The highest BCUT2D eigenvalue weighted by atomic mass is 16.5. The molecule has 1 atom stereocenters. The van der Waals surface area contributed by atoms with Crippen molar-refractivity contribution in [2.75, 3.05) is 7.11 Å². The molecule has 7 nitrogen and oxygen atoms in total. The van der Waals surface area contributed by atoms with Crippen LogP contribution < -0.4 is 4.74 Å². The summed E-state index contributed by atoms with van der Waals surface area (Å²) in [6.45, 7) is 4.05. The molecule has 0 saturated carbocycles. The van der Waals surface area contributed by atoms with Gasteiger partial charge in [-0.3, -0.25) is 0 Å². The number of aryl methyl sites for hydroxylation is 1. The Labute approximate surface area is 157 Å². The number of nitrogens with zero attached hydrogens (tertiary/aromatic N) is 5. The van der Waals surface area contributed by atoms with E-state index in [-0.39, 0.29) is 6.04 Å². The minimum absolute atomic E-state index is 0.129. The number of aromatic nitrogens is 6. The summed E-state index contributed by atoms with van der Waals surface area (Å²) in [6, 6.07) is 16.2. The Balaban J connectivity index is 1.92. The number of nitrogens with one attached hydrogen (secondary N) is 1. The molecule has 4 rings (SSSR count). The maximum absolute atomic E-state index is 5.53. The molecule has 0 fully saturated rings. The zero-order valence-corrected chi connectivity index (χ0v) is 15.4. The van der Waals surface area contributed by atoms with E-state index in [1.165, 1.54) is 0 Å². The van der Waals surface area contributed by atoms with E-state index in [2.05, 4.69) is 49.5 Å². The molecule has 27 heavy (non-hydrogen) atoms. The van der Waals surface area contributed by atoms with Crippen molar-refractivity contribution in [2.45, 2.75) is 19.9 Å². The average molecular weight is 360 g/mol. The van der Waals surface area contributed by atoms with Gasteiger partial charge in [-0.15, -0.1) is 10.2 Å². The summed E-state index contributed by atoms with van der Waals surface area (Å²) in [5.41, 5.74) is 5.03. The number of tetrazole rings is 1. The van der Waals surface area contributed by atoms with Crippen molar-refractivity contribution in [3.05, 3.63) is 66.2 Å². The first-order valence-electron chi connectivity index (χ1n) is 8.69. The number of hydrogen-bond donors (Lipinski definition) is 1. The van der Waals surface area contributed by atoms with E-state index >= 15 is 0 Å². The quantitative estimate of drug-likeness (QED) is 0.587. The predicted octanol–water partition coefficient (Wildman–Crippen LogP) is 3.66. The fourth-order valence-corrected chi connectivity index (χ4v) is 3.19. The normalized spacial score (nSPS) is 12.1. The molecule has 7 heteroatoms. The van der Waals surface area contributed by atoms with Crippen LogP contribution in [-0.4, -0.2) is 37.3 Å². The first-order chi connectivity index (χ1) is 13.2. The van der Waals surface area contributed by atoms with E-state index in [0.717, 1.165) is 33.8 Å². The third-order valence-corrected chi connectivity index (χ3v) is 4.68. The zero-order chi connectivity index (χ0) is 18.8. The van der Waals surface area contributed by atoms with E-state index < -0.39 is 0 Å². The van der Waals surface area contributed by atoms with Crippen LogP contribution in [-0.2, 0) is 0 Å². The highest BCUT2D eigenvalue weighted by molar-refractivity contribution is 5.79. The highest BCUT2D eigenvalue weighted by Gasteiger charge is 2.22. The Hall–Kier alpha value is -3.48. The second-order valence-corrected chi connectivity index (χ2v) is 6.35. The Morgan fingerprint density at radius 3 is 2.59 bits per heavy atom. The lowest BCUT2D eigenvalue weighted by Crippen LogP contribution is -2.09. The second-order valence-electron chi connectivity index (χ2n) is 6.35. The smallest absolute Gasteiger partial charge is 0.197 e. The molecule has 4 aromatic rings. The number of H-pyrrole nitrogens is 1. The summed E-state index contributed by atoms with van der Waals surface area (Å²) in [5.74, 6) is 1.44. The molecular weight excluding hydrogens is 340 g/mol. The van der Waals surface area contributed by atoms with E-state index in [9.17, 15) is 0 Å². The minimum atomic E-state index is -0.129. The maximum Gasteiger partial charge on any atom is 0.197 e. The van der Waals surface area contributed by atoms with Crippen LogP contribution in [0.1, 0.15) is 24.4 Å². The van der Waals surface area contributed by atoms with E-state index in [1.54, 1.807) is 7.11 Å². The highest BCUT2D eigenvalue weighted by Crippen LogP contribution is 2.36. The summed E-state index contributed by atoms with van der Waals surface area (Å²) in [6.07, 6.45) is 1.82. The van der Waals surface area contributed by atoms with Crippen LogP contribution in [0.5, 0.6) is 5.75 Å². The van der Waals surface area contributed by atoms with Gasteiger partial charge in [-0.05, 0) is 25.5 Å². The van der Waals surface area contributed by atoms with Gasteiger partial charge in [0.1, 0.15) is 5.75 Å². The van der Waals surface area contributed by atoms with Crippen molar-refractivity contribution in [3.8, 4) is 28.3 Å². The second kappa shape index (κ2) is 7.03. The van der Waals surface area contributed by atoms with Crippen molar-refractivity contribution in [1.29, 1.82) is 0 Å². The van der Waals surface area contributed by atoms with Crippen LogP contribution in [0.25, 0.3) is 22.5 Å². The van der Waals surface area contributed by atoms with E-state index in [0.29, 0.717) is 5.82 Å². The number of ether oxygens (including phenoxy) is 1. The third-order valence-electron chi connectivity index (χ3n) is 4.68. The molecule has 1 unspecified atom stereocenters. The lowest BCUT2D eigenvalue weighted by Gasteiger charge is -2.16. The summed E-state index contributed by atoms with van der Waals surface area (Å²) < 4.78 is 7.60. The molecule has 136 valence electrons.